The molecule has 140 valence electrons. The first-order chi connectivity index (χ1) is 12.3. The molecule has 0 saturated carbocycles. The molecule has 0 spiro atoms. The lowest BCUT2D eigenvalue weighted by atomic mass is 10.2. The number of hydrogen-bond donors (Lipinski definition) is 1. The van der Waals surface area contributed by atoms with Gasteiger partial charge in [0.25, 0.3) is 5.91 Å². The standard InChI is InChI=1S/C18H21Cl2N3O3/c1-4-5-8-23-17(20)16(12(3)22-23)18(25)26-10-15(24)21-14-7-6-13(19)9-11(14)2/h6-7,9H,4-5,8,10H2,1-3H3,(H,21,24). The number of aryl methyl sites for hydroxylation is 3. The van der Waals surface area contributed by atoms with E-state index in [2.05, 4.69) is 17.3 Å². The third-order valence-corrected chi connectivity index (χ3v) is 4.41. The Morgan fingerprint density at radius 1 is 1.27 bits per heavy atom. The van der Waals surface area contributed by atoms with Crippen molar-refractivity contribution in [1.82, 2.24) is 9.78 Å². The molecule has 1 heterocycles. The average molecular weight is 398 g/mol. The molecule has 0 radical (unpaired) electrons. The predicted octanol–water partition coefficient (Wildman–Crippen LogP) is 4.40. The number of anilines is 1. The maximum atomic E-state index is 12.3. The molecule has 2 aromatic rings. The number of unbranched alkanes of at least 4 members (excludes halogenated alkanes) is 1. The summed E-state index contributed by atoms with van der Waals surface area (Å²) in [5.74, 6) is -1.12. The molecule has 1 N–H and O–H groups in total. The largest absolute Gasteiger partial charge is 0.452 e. The molecule has 1 amide bonds. The van der Waals surface area contributed by atoms with Crippen molar-refractivity contribution in [1.29, 1.82) is 0 Å². The van der Waals surface area contributed by atoms with E-state index in [0.29, 0.717) is 22.9 Å². The van der Waals surface area contributed by atoms with Gasteiger partial charge in [-0.15, -0.1) is 0 Å². The topological polar surface area (TPSA) is 73.2 Å². The number of aromatic nitrogens is 2. The van der Waals surface area contributed by atoms with Gasteiger partial charge in [0.2, 0.25) is 0 Å². The van der Waals surface area contributed by atoms with Crippen LogP contribution in [0.5, 0.6) is 0 Å². The summed E-state index contributed by atoms with van der Waals surface area (Å²) in [5.41, 5.74) is 2.09. The maximum Gasteiger partial charge on any atom is 0.343 e. The summed E-state index contributed by atoms with van der Waals surface area (Å²) in [4.78, 5) is 24.3. The fourth-order valence-corrected chi connectivity index (χ4v) is 2.96. The number of nitrogens with zero attached hydrogens (tertiary/aromatic N) is 2. The van der Waals surface area contributed by atoms with Crippen molar-refractivity contribution in [3.63, 3.8) is 0 Å². The Bertz CT molecular complexity index is 818. The number of hydrogen-bond acceptors (Lipinski definition) is 4. The number of benzene rings is 1. The van der Waals surface area contributed by atoms with E-state index in [4.69, 9.17) is 27.9 Å². The summed E-state index contributed by atoms with van der Waals surface area (Å²) in [6, 6.07) is 5.09. The Morgan fingerprint density at radius 3 is 2.65 bits per heavy atom. The lowest BCUT2D eigenvalue weighted by Crippen LogP contribution is -2.21. The molecule has 0 unspecified atom stereocenters. The highest BCUT2D eigenvalue weighted by Gasteiger charge is 2.22. The minimum atomic E-state index is -0.668. The van der Waals surface area contributed by atoms with Crippen molar-refractivity contribution < 1.29 is 14.3 Å². The normalized spacial score (nSPS) is 10.7. The molecule has 6 nitrogen and oxygen atoms in total. The number of ether oxygens (including phenoxy) is 1. The average Bonchev–Trinajstić information content (AvgIpc) is 2.87. The maximum absolute atomic E-state index is 12.3. The Labute approximate surface area is 162 Å². The number of carbonyl (C=O) groups excluding carboxylic acids is 2. The van der Waals surface area contributed by atoms with Crippen LogP contribution in [-0.4, -0.2) is 28.3 Å². The summed E-state index contributed by atoms with van der Waals surface area (Å²) in [5, 5.41) is 7.74. The molecule has 0 aliphatic carbocycles. The van der Waals surface area contributed by atoms with Crippen molar-refractivity contribution in [2.24, 2.45) is 0 Å². The first-order valence-corrected chi connectivity index (χ1v) is 9.05. The van der Waals surface area contributed by atoms with Gasteiger partial charge in [-0.2, -0.15) is 5.10 Å². The molecular formula is C18H21Cl2N3O3. The monoisotopic (exact) mass is 397 g/mol. The van der Waals surface area contributed by atoms with Gasteiger partial charge in [0, 0.05) is 17.3 Å². The van der Waals surface area contributed by atoms with Crippen molar-refractivity contribution >= 4 is 40.8 Å². The summed E-state index contributed by atoms with van der Waals surface area (Å²) in [6.07, 6.45) is 1.89. The number of nitrogens with one attached hydrogen (secondary N) is 1. The van der Waals surface area contributed by atoms with Gasteiger partial charge in [-0.3, -0.25) is 9.48 Å². The summed E-state index contributed by atoms with van der Waals surface area (Å²) < 4.78 is 6.67. The third kappa shape index (κ3) is 4.99. The second-order valence-corrected chi connectivity index (χ2v) is 6.71. The van der Waals surface area contributed by atoms with Crippen LogP contribution >= 0.6 is 23.2 Å². The molecule has 1 aromatic heterocycles. The van der Waals surface area contributed by atoms with Crippen LogP contribution in [0.25, 0.3) is 0 Å². The fourth-order valence-electron chi connectivity index (χ4n) is 2.40. The van der Waals surface area contributed by atoms with E-state index in [1.54, 1.807) is 29.8 Å². The van der Waals surface area contributed by atoms with Crippen molar-refractivity contribution in [2.75, 3.05) is 11.9 Å². The summed E-state index contributed by atoms with van der Waals surface area (Å²) >= 11 is 12.1. The fraction of sp³-hybridized carbons (Fsp3) is 0.389. The van der Waals surface area contributed by atoms with E-state index in [1.807, 2.05) is 6.92 Å². The molecule has 0 aliphatic rings. The van der Waals surface area contributed by atoms with E-state index in [1.165, 1.54) is 0 Å². The lowest BCUT2D eigenvalue weighted by molar-refractivity contribution is -0.119. The summed E-state index contributed by atoms with van der Waals surface area (Å²) in [6.45, 7) is 5.76. The zero-order valence-electron chi connectivity index (χ0n) is 14.9. The number of rotatable bonds is 7. The smallest absolute Gasteiger partial charge is 0.343 e. The SMILES string of the molecule is CCCCn1nc(C)c(C(=O)OCC(=O)Nc2ccc(Cl)cc2C)c1Cl. The van der Waals surface area contributed by atoms with Crippen LogP contribution in [0.2, 0.25) is 10.2 Å². The van der Waals surface area contributed by atoms with Gasteiger partial charge in [0.05, 0.1) is 5.69 Å². The Balaban J connectivity index is 1.98. The van der Waals surface area contributed by atoms with Crippen LogP contribution in [0.1, 0.15) is 41.4 Å². The quantitative estimate of drug-likeness (QED) is 0.702. The molecule has 8 heteroatoms. The lowest BCUT2D eigenvalue weighted by Gasteiger charge is -2.09. The molecule has 0 fully saturated rings. The zero-order chi connectivity index (χ0) is 19.3. The molecule has 26 heavy (non-hydrogen) atoms. The molecule has 0 atom stereocenters. The summed E-state index contributed by atoms with van der Waals surface area (Å²) in [7, 11) is 0. The Hall–Kier alpha value is -2.05. The predicted molar refractivity (Wildman–Crippen MR) is 102 cm³/mol. The van der Waals surface area contributed by atoms with Crippen LogP contribution in [0.3, 0.4) is 0 Å². The van der Waals surface area contributed by atoms with Gasteiger partial charge in [-0.25, -0.2) is 4.79 Å². The Kier molecular flexibility index (Phi) is 7.06. The highest BCUT2D eigenvalue weighted by molar-refractivity contribution is 6.32. The minimum absolute atomic E-state index is 0.193. The van der Waals surface area contributed by atoms with Gasteiger partial charge in [0.1, 0.15) is 10.7 Å². The molecular weight excluding hydrogens is 377 g/mol. The third-order valence-electron chi connectivity index (χ3n) is 3.79. The van der Waals surface area contributed by atoms with E-state index < -0.39 is 18.5 Å². The molecule has 1 aromatic carbocycles. The van der Waals surface area contributed by atoms with Gasteiger partial charge in [-0.05, 0) is 44.0 Å². The minimum Gasteiger partial charge on any atom is -0.452 e. The number of carbonyl (C=O) groups is 2. The van der Waals surface area contributed by atoms with Gasteiger partial charge < -0.3 is 10.1 Å². The van der Waals surface area contributed by atoms with E-state index in [0.717, 1.165) is 18.4 Å². The van der Waals surface area contributed by atoms with E-state index >= 15 is 0 Å². The number of amides is 1. The first kappa shape index (κ1) is 20.3. The second kappa shape index (κ2) is 9.05. The van der Waals surface area contributed by atoms with Gasteiger partial charge in [-0.1, -0.05) is 36.5 Å². The van der Waals surface area contributed by atoms with Crippen LogP contribution in [0.4, 0.5) is 5.69 Å². The zero-order valence-corrected chi connectivity index (χ0v) is 16.4. The molecule has 2 rings (SSSR count). The number of halogens is 2. The highest BCUT2D eigenvalue weighted by atomic mass is 35.5. The van der Waals surface area contributed by atoms with Crippen LogP contribution in [0.15, 0.2) is 18.2 Å². The first-order valence-electron chi connectivity index (χ1n) is 8.29. The van der Waals surface area contributed by atoms with Crippen molar-refractivity contribution in [3.8, 4) is 0 Å². The van der Waals surface area contributed by atoms with E-state index in [9.17, 15) is 9.59 Å². The second-order valence-electron chi connectivity index (χ2n) is 5.91. The van der Waals surface area contributed by atoms with Crippen LogP contribution < -0.4 is 5.32 Å². The van der Waals surface area contributed by atoms with Gasteiger partial charge >= 0.3 is 5.97 Å². The molecule has 0 saturated heterocycles. The Morgan fingerprint density at radius 2 is 2.00 bits per heavy atom. The number of esters is 1. The van der Waals surface area contributed by atoms with Crippen LogP contribution in [0, 0.1) is 13.8 Å². The highest BCUT2D eigenvalue weighted by Crippen LogP contribution is 2.22. The van der Waals surface area contributed by atoms with Crippen molar-refractivity contribution in [2.45, 2.75) is 40.2 Å². The van der Waals surface area contributed by atoms with Gasteiger partial charge in [0.15, 0.2) is 6.61 Å². The van der Waals surface area contributed by atoms with E-state index in [-0.39, 0.29) is 10.7 Å². The molecule has 0 aliphatic heterocycles. The van der Waals surface area contributed by atoms with Crippen LogP contribution in [-0.2, 0) is 16.1 Å². The molecule has 0 bridgehead atoms. The van der Waals surface area contributed by atoms with Crippen molar-refractivity contribution in [3.05, 3.63) is 45.2 Å².